The molecule has 0 amide bonds. The predicted molar refractivity (Wildman–Crippen MR) is 44.7 cm³/mol. The second-order valence-electron chi connectivity index (χ2n) is 4.46. The Morgan fingerprint density at radius 2 is 2.18 bits per heavy atom. The Balaban J connectivity index is 2.42. The molecule has 2 aliphatic carbocycles. The number of hydrogen-bond donors (Lipinski definition) is 0. The van der Waals surface area contributed by atoms with Gasteiger partial charge in [0.25, 0.3) is 0 Å². The summed E-state index contributed by atoms with van der Waals surface area (Å²) in [6.45, 7) is 4.06. The van der Waals surface area contributed by atoms with Crippen LogP contribution in [0.5, 0.6) is 0 Å². The number of rotatable bonds is 0. The Morgan fingerprint density at radius 1 is 1.55 bits per heavy atom. The molecule has 0 unspecified atom stereocenters. The van der Waals surface area contributed by atoms with E-state index in [1.54, 1.807) is 0 Å². The SMILES string of the molecule is CC1(C)C(=O)[C@@]2(Cl)CC[C@@H]1C2. The van der Waals surface area contributed by atoms with Crippen molar-refractivity contribution >= 4 is 17.4 Å². The van der Waals surface area contributed by atoms with Crippen LogP contribution in [0, 0.1) is 11.3 Å². The third-order valence-corrected chi connectivity index (χ3v) is 3.99. The van der Waals surface area contributed by atoms with Crippen molar-refractivity contribution < 1.29 is 4.79 Å². The summed E-state index contributed by atoms with van der Waals surface area (Å²) in [5.41, 5.74) is -0.139. The molecule has 0 saturated heterocycles. The van der Waals surface area contributed by atoms with Crippen molar-refractivity contribution in [1.29, 1.82) is 0 Å². The van der Waals surface area contributed by atoms with Gasteiger partial charge in [-0.25, -0.2) is 0 Å². The Kier molecular flexibility index (Phi) is 1.26. The van der Waals surface area contributed by atoms with Crippen LogP contribution in [0.4, 0.5) is 0 Å². The molecule has 2 fully saturated rings. The summed E-state index contributed by atoms with van der Waals surface area (Å²) in [6.07, 6.45) is 2.96. The number of ketones is 1. The molecule has 2 heteroatoms. The van der Waals surface area contributed by atoms with Crippen LogP contribution in [0.3, 0.4) is 0 Å². The molecule has 0 aromatic heterocycles. The van der Waals surface area contributed by atoms with Gasteiger partial charge in [-0.15, -0.1) is 11.6 Å². The Hall–Kier alpha value is -0.0400. The molecule has 0 aromatic carbocycles. The van der Waals surface area contributed by atoms with Crippen LogP contribution in [0.15, 0.2) is 0 Å². The molecular weight excluding hydrogens is 160 g/mol. The number of hydrogen-bond acceptors (Lipinski definition) is 1. The van der Waals surface area contributed by atoms with E-state index in [0.29, 0.717) is 5.92 Å². The molecule has 0 aromatic rings. The van der Waals surface area contributed by atoms with Crippen LogP contribution < -0.4 is 0 Å². The Morgan fingerprint density at radius 3 is 2.45 bits per heavy atom. The summed E-state index contributed by atoms with van der Waals surface area (Å²) in [5.74, 6) is 0.829. The highest BCUT2D eigenvalue weighted by Gasteiger charge is 2.60. The fourth-order valence-corrected chi connectivity index (χ4v) is 3.12. The first-order chi connectivity index (χ1) is 4.97. The first-order valence-electron chi connectivity index (χ1n) is 4.21. The van der Waals surface area contributed by atoms with E-state index in [2.05, 4.69) is 0 Å². The van der Waals surface area contributed by atoms with E-state index >= 15 is 0 Å². The summed E-state index contributed by atoms with van der Waals surface area (Å²) in [7, 11) is 0. The summed E-state index contributed by atoms with van der Waals surface area (Å²) in [4.78, 5) is 11.2. The van der Waals surface area contributed by atoms with Crippen LogP contribution >= 0.6 is 11.6 Å². The van der Waals surface area contributed by atoms with Gasteiger partial charge < -0.3 is 0 Å². The third-order valence-electron chi connectivity index (χ3n) is 3.47. The largest absolute Gasteiger partial charge is 0.297 e. The van der Waals surface area contributed by atoms with Gasteiger partial charge >= 0.3 is 0 Å². The van der Waals surface area contributed by atoms with Gasteiger partial charge in [0.15, 0.2) is 5.78 Å². The number of carbonyl (C=O) groups is 1. The van der Waals surface area contributed by atoms with E-state index in [0.717, 1.165) is 19.3 Å². The number of carbonyl (C=O) groups excluding carboxylic acids is 1. The van der Waals surface area contributed by atoms with Crippen molar-refractivity contribution in [2.45, 2.75) is 38.0 Å². The fourth-order valence-electron chi connectivity index (χ4n) is 2.58. The molecule has 2 atom stereocenters. The van der Waals surface area contributed by atoms with Gasteiger partial charge in [-0.2, -0.15) is 0 Å². The maximum atomic E-state index is 11.7. The minimum Gasteiger partial charge on any atom is -0.297 e. The first kappa shape index (κ1) is 7.60. The maximum Gasteiger partial charge on any atom is 0.159 e. The van der Waals surface area contributed by atoms with E-state index < -0.39 is 4.87 Å². The summed E-state index contributed by atoms with van der Waals surface area (Å²) in [5, 5.41) is 0. The van der Waals surface area contributed by atoms with Gasteiger partial charge in [-0.3, -0.25) is 4.79 Å². The zero-order chi connectivity index (χ0) is 8.28. The van der Waals surface area contributed by atoms with Crippen LogP contribution in [0.25, 0.3) is 0 Å². The Labute approximate surface area is 72.1 Å². The standard InChI is InChI=1S/C9H13ClO/c1-8(2)6-3-4-9(10,5-6)7(8)11/h6H,3-5H2,1-2H3/t6-,9-/m1/s1. The van der Waals surface area contributed by atoms with E-state index in [1.165, 1.54) is 0 Å². The molecule has 0 spiro atoms. The van der Waals surface area contributed by atoms with Crippen LogP contribution in [0.1, 0.15) is 33.1 Å². The summed E-state index contributed by atoms with van der Waals surface area (Å²) in [6, 6.07) is 0. The molecule has 0 radical (unpaired) electrons. The molecule has 2 rings (SSSR count). The predicted octanol–water partition coefficient (Wildman–Crippen LogP) is 2.37. The molecular formula is C9H13ClO. The molecule has 0 heterocycles. The first-order valence-corrected chi connectivity index (χ1v) is 4.58. The van der Waals surface area contributed by atoms with Gasteiger partial charge in [0, 0.05) is 5.41 Å². The molecule has 1 nitrogen and oxygen atoms in total. The van der Waals surface area contributed by atoms with E-state index in [4.69, 9.17) is 11.6 Å². The minimum absolute atomic E-state index is 0.139. The highest BCUT2D eigenvalue weighted by molar-refractivity contribution is 6.37. The minimum atomic E-state index is -0.464. The quantitative estimate of drug-likeness (QED) is 0.513. The van der Waals surface area contributed by atoms with Crippen LogP contribution in [-0.4, -0.2) is 10.7 Å². The average molecular weight is 173 g/mol. The highest BCUT2D eigenvalue weighted by Crippen LogP contribution is 2.58. The molecule has 2 saturated carbocycles. The van der Waals surface area contributed by atoms with Crippen molar-refractivity contribution in [2.75, 3.05) is 0 Å². The van der Waals surface area contributed by atoms with E-state index in [-0.39, 0.29) is 11.2 Å². The number of alkyl halides is 1. The zero-order valence-electron chi connectivity index (χ0n) is 6.98. The van der Waals surface area contributed by atoms with Crippen LogP contribution in [-0.2, 0) is 4.79 Å². The average Bonchev–Trinajstić information content (AvgIpc) is 2.36. The van der Waals surface area contributed by atoms with Gasteiger partial charge in [0.05, 0.1) is 0 Å². The fraction of sp³-hybridized carbons (Fsp3) is 0.889. The molecule has 11 heavy (non-hydrogen) atoms. The molecule has 2 aliphatic rings. The van der Waals surface area contributed by atoms with Gasteiger partial charge in [0.1, 0.15) is 4.87 Å². The maximum absolute atomic E-state index is 11.7. The summed E-state index contributed by atoms with van der Waals surface area (Å²) >= 11 is 6.18. The van der Waals surface area contributed by atoms with Crippen molar-refractivity contribution in [3.63, 3.8) is 0 Å². The normalized spacial score (nSPS) is 46.8. The molecule has 62 valence electrons. The van der Waals surface area contributed by atoms with Crippen molar-refractivity contribution in [3.8, 4) is 0 Å². The Bertz CT molecular complexity index is 215. The van der Waals surface area contributed by atoms with Crippen molar-refractivity contribution in [1.82, 2.24) is 0 Å². The molecule has 0 aliphatic heterocycles. The third kappa shape index (κ3) is 0.752. The highest BCUT2D eigenvalue weighted by atomic mass is 35.5. The number of Topliss-reactive ketones (excluding diaryl/α,β-unsaturated/α-hetero) is 1. The molecule has 0 N–H and O–H groups in total. The lowest BCUT2D eigenvalue weighted by Crippen LogP contribution is -2.37. The smallest absolute Gasteiger partial charge is 0.159 e. The summed E-state index contributed by atoms with van der Waals surface area (Å²) < 4.78 is 0. The zero-order valence-corrected chi connectivity index (χ0v) is 7.74. The van der Waals surface area contributed by atoms with Crippen molar-refractivity contribution in [3.05, 3.63) is 0 Å². The lowest BCUT2D eigenvalue weighted by molar-refractivity contribution is -0.129. The lowest BCUT2D eigenvalue weighted by atomic mass is 9.75. The van der Waals surface area contributed by atoms with Gasteiger partial charge in [-0.1, -0.05) is 13.8 Å². The monoisotopic (exact) mass is 172 g/mol. The second kappa shape index (κ2) is 1.82. The lowest BCUT2D eigenvalue weighted by Gasteiger charge is -2.29. The molecule has 2 bridgehead atoms. The van der Waals surface area contributed by atoms with Crippen LogP contribution in [0.2, 0.25) is 0 Å². The number of halogens is 1. The topological polar surface area (TPSA) is 17.1 Å². The van der Waals surface area contributed by atoms with E-state index in [1.807, 2.05) is 13.8 Å². The second-order valence-corrected chi connectivity index (χ2v) is 5.18. The number of fused-ring (bicyclic) bond motifs is 2. The van der Waals surface area contributed by atoms with Gasteiger partial charge in [-0.05, 0) is 25.2 Å². The van der Waals surface area contributed by atoms with E-state index in [9.17, 15) is 4.79 Å². The van der Waals surface area contributed by atoms with Crippen molar-refractivity contribution in [2.24, 2.45) is 11.3 Å². The van der Waals surface area contributed by atoms with Gasteiger partial charge in [0.2, 0.25) is 0 Å².